The number of pyridine rings is 1. The van der Waals surface area contributed by atoms with Gasteiger partial charge in [0.25, 0.3) is 5.91 Å². The van der Waals surface area contributed by atoms with Crippen LogP contribution in [-0.2, 0) is 0 Å². The summed E-state index contributed by atoms with van der Waals surface area (Å²) in [6.45, 7) is 0.694. The molecule has 0 spiro atoms. The average Bonchev–Trinajstić information content (AvgIpc) is 2.50. The van der Waals surface area contributed by atoms with Crippen molar-refractivity contribution >= 4 is 11.6 Å². The summed E-state index contributed by atoms with van der Waals surface area (Å²) in [5.74, 6) is -0.864. The van der Waals surface area contributed by atoms with Crippen LogP contribution in [0.2, 0.25) is 0 Å². The van der Waals surface area contributed by atoms with Crippen LogP contribution in [0.1, 0.15) is 16.8 Å². The van der Waals surface area contributed by atoms with E-state index in [-0.39, 0.29) is 22.7 Å². The molecular formula is C15H16FN3O2. The molecule has 1 amide bonds. The monoisotopic (exact) mass is 289 g/mol. The van der Waals surface area contributed by atoms with Gasteiger partial charge in [0.1, 0.15) is 5.82 Å². The smallest absolute Gasteiger partial charge is 0.259 e. The molecule has 1 aromatic carbocycles. The standard InChI is InChI=1S/C15H16FN3O2/c16-12-4-1-2-5-13(12)19(9-3-8-17)15(21)11-6-7-14(20)18-10-11/h1-2,4-7,10H,3,8-9,17H2,(H,18,20). The number of nitrogens with one attached hydrogen (secondary N) is 1. The first-order valence-corrected chi connectivity index (χ1v) is 6.58. The highest BCUT2D eigenvalue weighted by molar-refractivity contribution is 6.05. The summed E-state index contributed by atoms with van der Waals surface area (Å²) in [6, 6.07) is 8.73. The maximum atomic E-state index is 13.9. The molecular weight excluding hydrogens is 273 g/mol. The van der Waals surface area contributed by atoms with Crippen molar-refractivity contribution < 1.29 is 9.18 Å². The van der Waals surface area contributed by atoms with Crippen molar-refractivity contribution in [2.75, 3.05) is 18.0 Å². The van der Waals surface area contributed by atoms with E-state index in [1.54, 1.807) is 12.1 Å². The molecule has 6 heteroatoms. The first kappa shape index (κ1) is 14.9. The molecule has 5 nitrogen and oxygen atoms in total. The van der Waals surface area contributed by atoms with E-state index >= 15 is 0 Å². The lowest BCUT2D eigenvalue weighted by molar-refractivity contribution is 0.0985. The van der Waals surface area contributed by atoms with Crippen LogP contribution < -0.4 is 16.2 Å². The Hall–Kier alpha value is -2.47. The minimum absolute atomic E-state index is 0.196. The Morgan fingerprint density at radius 1 is 1.24 bits per heavy atom. The number of rotatable bonds is 5. The van der Waals surface area contributed by atoms with Crippen molar-refractivity contribution in [3.05, 3.63) is 64.3 Å². The predicted octanol–water partition coefficient (Wildman–Crippen LogP) is 1.51. The van der Waals surface area contributed by atoms with Crippen LogP contribution in [0, 0.1) is 5.82 Å². The largest absolute Gasteiger partial charge is 0.330 e. The Balaban J connectivity index is 2.35. The Morgan fingerprint density at radius 3 is 2.62 bits per heavy atom. The fourth-order valence-electron chi connectivity index (χ4n) is 1.95. The fourth-order valence-corrected chi connectivity index (χ4v) is 1.95. The van der Waals surface area contributed by atoms with E-state index in [1.807, 2.05) is 0 Å². The van der Waals surface area contributed by atoms with Gasteiger partial charge in [-0.05, 0) is 31.2 Å². The van der Waals surface area contributed by atoms with Gasteiger partial charge in [-0.1, -0.05) is 12.1 Å². The van der Waals surface area contributed by atoms with Gasteiger partial charge in [0.15, 0.2) is 0 Å². The number of H-pyrrole nitrogens is 1. The van der Waals surface area contributed by atoms with Crippen molar-refractivity contribution in [2.24, 2.45) is 5.73 Å². The third-order valence-corrected chi connectivity index (χ3v) is 3.01. The molecule has 0 aliphatic heterocycles. The van der Waals surface area contributed by atoms with Gasteiger partial charge in [-0.3, -0.25) is 9.59 Å². The number of nitrogens with two attached hydrogens (primary N) is 1. The Morgan fingerprint density at radius 2 is 2.00 bits per heavy atom. The number of benzene rings is 1. The number of para-hydroxylation sites is 1. The topological polar surface area (TPSA) is 79.2 Å². The molecule has 0 atom stereocenters. The van der Waals surface area contributed by atoms with Crippen molar-refractivity contribution in [2.45, 2.75) is 6.42 Å². The van der Waals surface area contributed by atoms with E-state index in [4.69, 9.17) is 5.73 Å². The summed E-state index contributed by atoms with van der Waals surface area (Å²) in [7, 11) is 0. The molecule has 110 valence electrons. The zero-order valence-corrected chi connectivity index (χ0v) is 11.4. The average molecular weight is 289 g/mol. The molecule has 0 radical (unpaired) electrons. The van der Waals surface area contributed by atoms with Gasteiger partial charge in [0.2, 0.25) is 5.56 Å². The first-order valence-electron chi connectivity index (χ1n) is 6.58. The first-order chi connectivity index (χ1) is 10.1. The molecule has 3 N–H and O–H groups in total. The SMILES string of the molecule is NCCCN(C(=O)c1ccc(=O)[nH]c1)c1ccccc1F. The molecule has 2 rings (SSSR count). The van der Waals surface area contributed by atoms with Crippen molar-refractivity contribution in [1.82, 2.24) is 4.98 Å². The van der Waals surface area contributed by atoms with Gasteiger partial charge >= 0.3 is 0 Å². The molecule has 1 heterocycles. The van der Waals surface area contributed by atoms with Crippen LogP contribution in [0.15, 0.2) is 47.4 Å². The molecule has 0 saturated carbocycles. The Kier molecular flexibility index (Phi) is 4.84. The Bertz CT molecular complexity index is 664. The highest BCUT2D eigenvalue weighted by atomic mass is 19.1. The lowest BCUT2D eigenvalue weighted by Gasteiger charge is -2.23. The molecule has 2 aromatic rings. The number of hydrogen-bond acceptors (Lipinski definition) is 3. The van der Waals surface area contributed by atoms with E-state index < -0.39 is 5.82 Å². The molecule has 21 heavy (non-hydrogen) atoms. The van der Waals surface area contributed by atoms with E-state index in [1.165, 1.54) is 35.4 Å². The lowest BCUT2D eigenvalue weighted by Crippen LogP contribution is -2.34. The minimum Gasteiger partial charge on any atom is -0.330 e. The molecule has 1 aromatic heterocycles. The molecule has 0 unspecified atom stereocenters. The normalized spacial score (nSPS) is 10.4. The number of nitrogens with zero attached hydrogens (tertiary/aromatic N) is 1. The van der Waals surface area contributed by atoms with Gasteiger partial charge in [0.05, 0.1) is 11.3 Å². The third-order valence-electron chi connectivity index (χ3n) is 3.01. The second-order valence-corrected chi connectivity index (χ2v) is 4.49. The van der Waals surface area contributed by atoms with Crippen LogP contribution >= 0.6 is 0 Å². The molecule has 0 aliphatic rings. The van der Waals surface area contributed by atoms with Gasteiger partial charge in [-0.2, -0.15) is 0 Å². The van der Waals surface area contributed by atoms with Crippen LogP contribution in [-0.4, -0.2) is 24.0 Å². The number of anilines is 1. The highest BCUT2D eigenvalue weighted by Gasteiger charge is 2.20. The summed E-state index contributed by atoms with van der Waals surface area (Å²) in [5.41, 5.74) is 5.66. The molecule has 0 aliphatic carbocycles. The molecule has 0 saturated heterocycles. The fraction of sp³-hybridized carbons (Fsp3) is 0.200. The number of amides is 1. The maximum Gasteiger partial charge on any atom is 0.259 e. The maximum absolute atomic E-state index is 13.9. The number of aromatic nitrogens is 1. The second-order valence-electron chi connectivity index (χ2n) is 4.49. The number of halogens is 1. The van der Waals surface area contributed by atoms with Crippen LogP contribution in [0.25, 0.3) is 0 Å². The molecule has 0 bridgehead atoms. The van der Waals surface area contributed by atoms with Crippen molar-refractivity contribution in [3.63, 3.8) is 0 Å². The quantitative estimate of drug-likeness (QED) is 0.875. The van der Waals surface area contributed by atoms with E-state index in [2.05, 4.69) is 4.98 Å². The van der Waals surface area contributed by atoms with Crippen LogP contribution in [0.5, 0.6) is 0 Å². The number of carbonyl (C=O) groups is 1. The summed E-state index contributed by atoms with van der Waals surface area (Å²) in [6.07, 6.45) is 1.87. The van der Waals surface area contributed by atoms with Crippen LogP contribution in [0.3, 0.4) is 0 Å². The van der Waals surface area contributed by atoms with E-state index in [9.17, 15) is 14.0 Å². The van der Waals surface area contributed by atoms with Crippen molar-refractivity contribution in [3.8, 4) is 0 Å². The molecule has 0 fully saturated rings. The summed E-state index contributed by atoms with van der Waals surface area (Å²) in [4.78, 5) is 27.3. The van der Waals surface area contributed by atoms with Crippen LogP contribution in [0.4, 0.5) is 10.1 Å². The van der Waals surface area contributed by atoms with E-state index in [0.29, 0.717) is 19.5 Å². The van der Waals surface area contributed by atoms with E-state index in [0.717, 1.165) is 0 Å². The minimum atomic E-state index is -0.479. The van der Waals surface area contributed by atoms with Gasteiger partial charge in [-0.25, -0.2) is 4.39 Å². The van der Waals surface area contributed by atoms with Gasteiger partial charge in [-0.15, -0.1) is 0 Å². The second kappa shape index (κ2) is 6.81. The van der Waals surface area contributed by atoms with Gasteiger partial charge in [0, 0.05) is 18.8 Å². The number of carbonyl (C=O) groups excluding carboxylic acids is 1. The highest BCUT2D eigenvalue weighted by Crippen LogP contribution is 2.21. The zero-order chi connectivity index (χ0) is 15.2. The lowest BCUT2D eigenvalue weighted by atomic mass is 10.2. The Labute approximate surface area is 121 Å². The van der Waals surface area contributed by atoms with Crippen molar-refractivity contribution in [1.29, 1.82) is 0 Å². The number of aromatic amines is 1. The predicted molar refractivity (Wildman–Crippen MR) is 78.8 cm³/mol. The summed E-state index contributed by atoms with van der Waals surface area (Å²) < 4.78 is 13.9. The summed E-state index contributed by atoms with van der Waals surface area (Å²) in [5, 5.41) is 0. The third kappa shape index (κ3) is 3.55. The van der Waals surface area contributed by atoms with Gasteiger partial charge < -0.3 is 15.6 Å². The number of hydrogen-bond donors (Lipinski definition) is 2. The summed E-state index contributed by atoms with van der Waals surface area (Å²) >= 11 is 0. The zero-order valence-electron chi connectivity index (χ0n) is 11.4.